The van der Waals surface area contributed by atoms with Crippen molar-refractivity contribution in [2.24, 2.45) is 7.05 Å². The maximum atomic E-state index is 13.1. The average molecular weight is 390 g/mol. The molecule has 4 rings (SSSR count). The summed E-state index contributed by atoms with van der Waals surface area (Å²) in [5.74, 6) is 1.83. The number of benzene rings is 2. The zero-order valence-corrected chi connectivity index (χ0v) is 16.8. The summed E-state index contributed by atoms with van der Waals surface area (Å²) in [6.07, 6.45) is 5.61. The van der Waals surface area contributed by atoms with E-state index in [2.05, 4.69) is 15.2 Å². The highest BCUT2D eigenvalue weighted by molar-refractivity contribution is 5.98. The minimum atomic E-state index is -0.143. The molecule has 2 aromatic carbocycles. The van der Waals surface area contributed by atoms with Gasteiger partial charge in [0.15, 0.2) is 0 Å². The molecule has 0 saturated carbocycles. The first kappa shape index (κ1) is 19.2. The second-order valence-electron chi connectivity index (χ2n) is 7.35. The fourth-order valence-electron chi connectivity index (χ4n) is 3.87. The van der Waals surface area contributed by atoms with E-state index in [4.69, 9.17) is 4.74 Å². The summed E-state index contributed by atoms with van der Waals surface area (Å²) in [6.45, 7) is 1.59. The van der Waals surface area contributed by atoms with Crippen LogP contribution >= 0.6 is 0 Å². The SMILES string of the molecule is COc1ccc(-c2ccccc2NC(=O)C2CCCN2Cc2nccn2C)cc1. The topological polar surface area (TPSA) is 59.4 Å². The number of carbonyl (C=O) groups excluding carboxylic acids is 1. The molecule has 2 heterocycles. The van der Waals surface area contributed by atoms with Crippen LogP contribution in [-0.2, 0) is 18.4 Å². The maximum Gasteiger partial charge on any atom is 0.241 e. The summed E-state index contributed by atoms with van der Waals surface area (Å²) < 4.78 is 7.25. The Labute approximate surface area is 171 Å². The van der Waals surface area contributed by atoms with E-state index < -0.39 is 0 Å². The van der Waals surface area contributed by atoms with Crippen LogP contribution in [-0.4, -0.2) is 40.1 Å². The first-order valence-electron chi connectivity index (χ1n) is 9.90. The molecular weight excluding hydrogens is 364 g/mol. The smallest absolute Gasteiger partial charge is 0.241 e. The van der Waals surface area contributed by atoms with Crippen molar-refractivity contribution in [1.82, 2.24) is 14.5 Å². The number of anilines is 1. The lowest BCUT2D eigenvalue weighted by Crippen LogP contribution is -2.39. The Kier molecular flexibility index (Phi) is 5.62. The highest BCUT2D eigenvalue weighted by atomic mass is 16.5. The third-order valence-electron chi connectivity index (χ3n) is 5.52. The summed E-state index contributed by atoms with van der Waals surface area (Å²) in [4.78, 5) is 19.7. The van der Waals surface area contributed by atoms with Gasteiger partial charge in [-0.25, -0.2) is 4.98 Å². The van der Waals surface area contributed by atoms with E-state index >= 15 is 0 Å². The van der Waals surface area contributed by atoms with Crippen molar-refractivity contribution in [1.29, 1.82) is 0 Å². The zero-order valence-electron chi connectivity index (χ0n) is 16.8. The number of rotatable bonds is 6. The predicted molar refractivity (Wildman–Crippen MR) is 114 cm³/mol. The predicted octanol–water partition coefficient (Wildman–Crippen LogP) is 3.70. The molecule has 1 fully saturated rings. The molecule has 29 heavy (non-hydrogen) atoms. The van der Waals surface area contributed by atoms with Crippen LogP contribution in [0.4, 0.5) is 5.69 Å². The molecule has 1 unspecified atom stereocenters. The third-order valence-corrected chi connectivity index (χ3v) is 5.52. The van der Waals surface area contributed by atoms with Crippen LogP contribution < -0.4 is 10.1 Å². The zero-order chi connectivity index (χ0) is 20.2. The number of amides is 1. The van der Waals surface area contributed by atoms with E-state index in [0.29, 0.717) is 6.54 Å². The van der Waals surface area contributed by atoms with Crippen molar-refractivity contribution >= 4 is 11.6 Å². The third kappa shape index (κ3) is 4.17. The highest BCUT2D eigenvalue weighted by Crippen LogP contribution is 2.30. The number of nitrogens with zero attached hydrogens (tertiary/aromatic N) is 3. The number of hydrogen-bond donors (Lipinski definition) is 1. The molecule has 6 nitrogen and oxygen atoms in total. The van der Waals surface area contributed by atoms with E-state index in [1.807, 2.05) is 66.3 Å². The summed E-state index contributed by atoms with van der Waals surface area (Å²) in [7, 11) is 3.64. The number of likely N-dealkylation sites (tertiary alicyclic amines) is 1. The molecule has 3 aromatic rings. The molecule has 6 heteroatoms. The molecule has 1 aromatic heterocycles. The van der Waals surface area contributed by atoms with Crippen molar-refractivity contribution in [3.63, 3.8) is 0 Å². The van der Waals surface area contributed by atoms with E-state index in [0.717, 1.165) is 47.8 Å². The average Bonchev–Trinajstić information content (AvgIpc) is 3.38. The van der Waals surface area contributed by atoms with Crippen molar-refractivity contribution in [3.8, 4) is 16.9 Å². The lowest BCUT2D eigenvalue weighted by atomic mass is 10.0. The van der Waals surface area contributed by atoms with E-state index in [-0.39, 0.29) is 11.9 Å². The fraction of sp³-hybridized carbons (Fsp3) is 0.304. The van der Waals surface area contributed by atoms with Crippen LogP contribution in [0.25, 0.3) is 11.1 Å². The van der Waals surface area contributed by atoms with Crippen LogP contribution in [0.1, 0.15) is 18.7 Å². The van der Waals surface area contributed by atoms with Gasteiger partial charge >= 0.3 is 0 Å². The quantitative estimate of drug-likeness (QED) is 0.697. The number of aromatic nitrogens is 2. The molecule has 0 bridgehead atoms. The fourth-order valence-corrected chi connectivity index (χ4v) is 3.87. The van der Waals surface area contributed by atoms with Gasteiger partial charge in [-0.2, -0.15) is 0 Å². The number of para-hydroxylation sites is 1. The van der Waals surface area contributed by atoms with E-state index in [9.17, 15) is 4.79 Å². The minimum Gasteiger partial charge on any atom is -0.497 e. The van der Waals surface area contributed by atoms with Crippen molar-refractivity contribution < 1.29 is 9.53 Å². The second-order valence-corrected chi connectivity index (χ2v) is 7.35. The molecule has 0 radical (unpaired) electrons. The van der Waals surface area contributed by atoms with Crippen molar-refractivity contribution in [3.05, 3.63) is 66.7 Å². The number of nitrogens with one attached hydrogen (secondary N) is 1. The number of carbonyl (C=O) groups is 1. The Morgan fingerprint density at radius 2 is 2.00 bits per heavy atom. The number of aryl methyl sites for hydroxylation is 1. The molecule has 1 amide bonds. The van der Waals surface area contributed by atoms with Crippen LogP contribution in [0.5, 0.6) is 5.75 Å². The Balaban J connectivity index is 1.51. The van der Waals surface area contributed by atoms with Gasteiger partial charge in [-0.15, -0.1) is 0 Å². The van der Waals surface area contributed by atoms with Gasteiger partial charge in [-0.05, 0) is 43.1 Å². The van der Waals surface area contributed by atoms with Gasteiger partial charge in [0.1, 0.15) is 11.6 Å². The van der Waals surface area contributed by atoms with Gasteiger partial charge in [0.2, 0.25) is 5.91 Å². The molecule has 1 atom stereocenters. The summed E-state index contributed by atoms with van der Waals surface area (Å²) in [5.41, 5.74) is 2.86. The highest BCUT2D eigenvalue weighted by Gasteiger charge is 2.31. The summed E-state index contributed by atoms with van der Waals surface area (Å²) >= 11 is 0. The maximum absolute atomic E-state index is 13.1. The number of imidazole rings is 1. The Morgan fingerprint density at radius 3 is 2.72 bits per heavy atom. The number of hydrogen-bond acceptors (Lipinski definition) is 4. The van der Waals surface area contributed by atoms with Crippen molar-refractivity contribution in [2.75, 3.05) is 19.0 Å². The number of ether oxygens (including phenoxy) is 1. The largest absolute Gasteiger partial charge is 0.497 e. The van der Waals surface area contributed by atoms with Gasteiger partial charge < -0.3 is 14.6 Å². The molecule has 0 spiro atoms. The molecule has 1 aliphatic rings. The molecule has 1 aliphatic heterocycles. The van der Waals surface area contributed by atoms with Crippen molar-refractivity contribution in [2.45, 2.75) is 25.4 Å². The van der Waals surface area contributed by atoms with Crippen LogP contribution in [0.15, 0.2) is 60.9 Å². The van der Waals surface area contributed by atoms with Gasteiger partial charge in [0, 0.05) is 30.7 Å². The Hall–Kier alpha value is -3.12. The second kappa shape index (κ2) is 8.49. The summed E-state index contributed by atoms with van der Waals surface area (Å²) in [6, 6.07) is 15.6. The van der Waals surface area contributed by atoms with E-state index in [1.54, 1.807) is 13.3 Å². The van der Waals surface area contributed by atoms with Gasteiger partial charge in [-0.1, -0.05) is 30.3 Å². The number of methoxy groups -OCH3 is 1. The minimum absolute atomic E-state index is 0.0395. The normalized spacial score (nSPS) is 16.7. The van der Waals surface area contributed by atoms with Crippen LogP contribution in [0.2, 0.25) is 0 Å². The molecular formula is C23H26N4O2. The Morgan fingerprint density at radius 1 is 1.21 bits per heavy atom. The standard InChI is InChI=1S/C23H26N4O2/c1-26-15-13-24-22(26)16-27-14-5-8-21(27)23(28)25-20-7-4-3-6-19(20)17-9-11-18(29-2)12-10-17/h3-4,6-7,9-13,15,21H,5,8,14,16H2,1-2H3,(H,25,28). The monoisotopic (exact) mass is 390 g/mol. The first-order valence-corrected chi connectivity index (χ1v) is 9.90. The molecule has 150 valence electrons. The lowest BCUT2D eigenvalue weighted by molar-refractivity contribution is -0.120. The van der Waals surface area contributed by atoms with Gasteiger partial charge in [0.05, 0.1) is 19.7 Å². The summed E-state index contributed by atoms with van der Waals surface area (Å²) in [5, 5.41) is 3.16. The van der Waals surface area contributed by atoms with E-state index in [1.165, 1.54) is 0 Å². The molecule has 1 saturated heterocycles. The van der Waals surface area contributed by atoms with Gasteiger partial charge in [0.25, 0.3) is 0 Å². The van der Waals surface area contributed by atoms with Crippen LogP contribution in [0.3, 0.4) is 0 Å². The van der Waals surface area contributed by atoms with Crippen LogP contribution in [0, 0.1) is 0 Å². The van der Waals surface area contributed by atoms with Gasteiger partial charge in [-0.3, -0.25) is 9.69 Å². The first-order chi connectivity index (χ1) is 14.2. The molecule has 1 N–H and O–H groups in total. The lowest BCUT2D eigenvalue weighted by Gasteiger charge is -2.24. The molecule has 0 aliphatic carbocycles. The Bertz CT molecular complexity index is 981.